The summed E-state index contributed by atoms with van der Waals surface area (Å²) in [6, 6.07) is 6.03. The van der Waals surface area contributed by atoms with Crippen LogP contribution in [-0.2, 0) is 9.59 Å². The first kappa shape index (κ1) is 17.0. The lowest BCUT2D eigenvalue weighted by Crippen LogP contribution is -2.33. The van der Waals surface area contributed by atoms with E-state index < -0.39 is 17.9 Å². The molecule has 0 heterocycles. The van der Waals surface area contributed by atoms with Crippen LogP contribution in [0.1, 0.15) is 30.9 Å². The fraction of sp³-hybridized carbons (Fsp3) is 0.500. The van der Waals surface area contributed by atoms with Crippen molar-refractivity contribution >= 4 is 17.6 Å². The minimum atomic E-state index is -0.844. The van der Waals surface area contributed by atoms with Crippen molar-refractivity contribution < 1.29 is 19.8 Å². The predicted octanol–water partition coefficient (Wildman–Crippen LogP) is 2.70. The van der Waals surface area contributed by atoms with Gasteiger partial charge in [-0.2, -0.15) is 0 Å². The fourth-order valence-corrected chi connectivity index (χ4v) is 2.20. The van der Waals surface area contributed by atoms with E-state index in [9.17, 15) is 9.59 Å². The lowest BCUT2D eigenvalue weighted by Gasteiger charge is -2.28. The Morgan fingerprint density at radius 1 is 1.24 bits per heavy atom. The zero-order chi connectivity index (χ0) is 16.0. The molecule has 0 saturated carbocycles. The molecule has 0 aliphatic rings. The smallest absolute Gasteiger partial charge is 0.308 e. The van der Waals surface area contributed by atoms with E-state index in [0.717, 1.165) is 16.8 Å². The lowest BCUT2D eigenvalue weighted by atomic mass is 10.1. The number of aliphatic carboxylic acids is 2. The fourth-order valence-electron chi connectivity index (χ4n) is 2.20. The highest BCUT2D eigenvalue weighted by molar-refractivity contribution is 5.71. The van der Waals surface area contributed by atoms with Gasteiger partial charge in [0, 0.05) is 25.2 Å². The van der Waals surface area contributed by atoms with Crippen molar-refractivity contribution in [2.24, 2.45) is 5.92 Å². The molecule has 0 radical (unpaired) electrons. The molecule has 1 unspecified atom stereocenters. The van der Waals surface area contributed by atoms with Crippen LogP contribution < -0.4 is 4.90 Å². The van der Waals surface area contributed by atoms with E-state index in [1.165, 1.54) is 0 Å². The first-order valence-electron chi connectivity index (χ1n) is 7.08. The van der Waals surface area contributed by atoms with E-state index in [1.807, 2.05) is 36.9 Å². The molecule has 0 aliphatic heterocycles. The third-order valence-corrected chi connectivity index (χ3v) is 3.44. The summed E-state index contributed by atoms with van der Waals surface area (Å²) in [4.78, 5) is 23.7. The number of aryl methyl sites for hydroxylation is 2. The van der Waals surface area contributed by atoms with Gasteiger partial charge in [0.2, 0.25) is 0 Å². The Bertz CT molecular complexity index is 513. The number of nitrogens with zero attached hydrogens (tertiary/aromatic N) is 1. The van der Waals surface area contributed by atoms with Gasteiger partial charge in [-0.1, -0.05) is 19.1 Å². The molecule has 1 rings (SSSR count). The normalized spacial score (nSPS) is 12.0. The molecule has 1 atom stereocenters. The summed E-state index contributed by atoms with van der Waals surface area (Å²) in [6.07, 6.45) is 0.581. The number of carboxylic acid groups (broad SMARTS) is 2. The van der Waals surface area contributed by atoms with Crippen molar-refractivity contribution in [2.75, 3.05) is 18.0 Å². The second-order valence-corrected chi connectivity index (χ2v) is 5.47. The molecule has 2 N–H and O–H groups in total. The van der Waals surface area contributed by atoms with E-state index in [0.29, 0.717) is 19.5 Å². The summed E-state index contributed by atoms with van der Waals surface area (Å²) >= 11 is 0. The first-order valence-corrected chi connectivity index (χ1v) is 7.08. The number of rotatable bonds is 8. The maximum absolute atomic E-state index is 11.1. The predicted molar refractivity (Wildman–Crippen MR) is 81.8 cm³/mol. The molecule has 116 valence electrons. The molecular weight excluding hydrogens is 270 g/mol. The summed E-state index contributed by atoms with van der Waals surface area (Å²) in [5, 5.41) is 17.8. The van der Waals surface area contributed by atoms with Gasteiger partial charge in [-0.05, 0) is 37.5 Å². The molecule has 5 nitrogen and oxygen atoms in total. The van der Waals surface area contributed by atoms with Gasteiger partial charge in [0.15, 0.2) is 0 Å². The van der Waals surface area contributed by atoms with Crippen LogP contribution in [0.2, 0.25) is 0 Å². The maximum atomic E-state index is 11.1. The van der Waals surface area contributed by atoms with E-state index in [4.69, 9.17) is 10.2 Å². The average Bonchev–Trinajstić information content (AvgIpc) is 2.39. The van der Waals surface area contributed by atoms with E-state index >= 15 is 0 Å². The van der Waals surface area contributed by atoms with Gasteiger partial charge in [0.05, 0.1) is 5.92 Å². The van der Waals surface area contributed by atoms with Crippen LogP contribution in [0.25, 0.3) is 0 Å². The summed E-state index contributed by atoms with van der Waals surface area (Å²) in [7, 11) is 0. The van der Waals surface area contributed by atoms with Crippen molar-refractivity contribution in [3.8, 4) is 0 Å². The van der Waals surface area contributed by atoms with Crippen molar-refractivity contribution in [1.82, 2.24) is 0 Å². The number of carbonyl (C=O) groups is 2. The molecule has 0 fully saturated rings. The molecule has 21 heavy (non-hydrogen) atoms. The van der Waals surface area contributed by atoms with Crippen molar-refractivity contribution in [3.05, 3.63) is 29.3 Å². The monoisotopic (exact) mass is 293 g/mol. The van der Waals surface area contributed by atoms with Crippen molar-refractivity contribution in [2.45, 2.75) is 33.6 Å². The van der Waals surface area contributed by atoms with Gasteiger partial charge >= 0.3 is 11.9 Å². The quantitative estimate of drug-likeness (QED) is 0.770. The molecule has 0 bridgehead atoms. The lowest BCUT2D eigenvalue weighted by molar-refractivity contribution is -0.141. The molecule has 1 aromatic carbocycles. The molecule has 5 heteroatoms. The van der Waals surface area contributed by atoms with Crippen LogP contribution in [0.15, 0.2) is 18.2 Å². The molecule has 1 aromatic rings. The molecule has 0 spiro atoms. The minimum absolute atomic E-state index is 0.0861. The molecule has 0 amide bonds. The van der Waals surface area contributed by atoms with Crippen LogP contribution >= 0.6 is 0 Å². The second-order valence-electron chi connectivity index (χ2n) is 5.47. The van der Waals surface area contributed by atoms with E-state index in [2.05, 4.69) is 0 Å². The molecule has 0 aromatic heterocycles. The SMILES string of the molecule is Cc1ccc(C)c(N(CCCC(=O)O)CC(C)C(=O)O)c1. The van der Waals surface area contributed by atoms with Gasteiger partial charge in [-0.25, -0.2) is 0 Å². The Morgan fingerprint density at radius 3 is 2.48 bits per heavy atom. The highest BCUT2D eigenvalue weighted by Gasteiger charge is 2.18. The first-order chi connectivity index (χ1) is 9.81. The van der Waals surface area contributed by atoms with Crippen LogP contribution in [0.4, 0.5) is 5.69 Å². The van der Waals surface area contributed by atoms with Crippen LogP contribution in [0.3, 0.4) is 0 Å². The largest absolute Gasteiger partial charge is 0.481 e. The van der Waals surface area contributed by atoms with Crippen LogP contribution in [-0.4, -0.2) is 35.2 Å². The van der Waals surface area contributed by atoms with E-state index in [-0.39, 0.29) is 6.42 Å². The van der Waals surface area contributed by atoms with Gasteiger partial charge in [-0.3, -0.25) is 9.59 Å². The topological polar surface area (TPSA) is 77.8 Å². The molecule has 0 saturated heterocycles. The van der Waals surface area contributed by atoms with Gasteiger partial charge in [0.1, 0.15) is 0 Å². The Hall–Kier alpha value is -2.04. The van der Waals surface area contributed by atoms with Crippen molar-refractivity contribution in [1.29, 1.82) is 0 Å². The maximum Gasteiger partial charge on any atom is 0.308 e. The van der Waals surface area contributed by atoms with Crippen molar-refractivity contribution in [3.63, 3.8) is 0 Å². The number of anilines is 1. The Kier molecular flexibility index (Phi) is 6.21. The zero-order valence-electron chi connectivity index (χ0n) is 12.8. The third-order valence-electron chi connectivity index (χ3n) is 3.44. The van der Waals surface area contributed by atoms with E-state index in [1.54, 1.807) is 6.92 Å². The van der Waals surface area contributed by atoms with Gasteiger partial charge < -0.3 is 15.1 Å². The average molecular weight is 293 g/mol. The number of hydrogen-bond acceptors (Lipinski definition) is 3. The van der Waals surface area contributed by atoms with Gasteiger partial charge in [0.25, 0.3) is 0 Å². The zero-order valence-corrected chi connectivity index (χ0v) is 12.8. The highest BCUT2D eigenvalue weighted by atomic mass is 16.4. The summed E-state index contributed by atoms with van der Waals surface area (Å²) in [5.41, 5.74) is 3.14. The highest BCUT2D eigenvalue weighted by Crippen LogP contribution is 2.23. The third kappa shape index (κ3) is 5.45. The number of benzene rings is 1. The molecular formula is C16H23NO4. The second kappa shape index (κ2) is 7.67. The Balaban J connectivity index is 2.91. The van der Waals surface area contributed by atoms with Crippen LogP contribution in [0, 0.1) is 19.8 Å². The molecule has 0 aliphatic carbocycles. The van der Waals surface area contributed by atoms with Crippen LogP contribution in [0.5, 0.6) is 0 Å². The summed E-state index contributed by atoms with van der Waals surface area (Å²) < 4.78 is 0. The Labute approximate surface area is 125 Å². The standard InChI is InChI=1S/C16H23NO4/c1-11-6-7-12(2)14(9-11)17(8-4-5-15(18)19)10-13(3)16(20)21/h6-7,9,13H,4-5,8,10H2,1-3H3,(H,18,19)(H,20,21). The number of hydrogen-bond donors (Lipinski definition) is 2. The summed E-state index contributed by atoms with van der Waals surface area (Å²) in [6.45, 7) is 6.54. The number of carboxylic acids is 2. The Morgan fingerprint density at radius 2 is 1.90 bits per heavy atom. The minimum Gasteiger partial charge on any atom is -0.481 e. The van der Waals surface area contributed by atoms with Gasteiger partial charge in [-0.15, -0.1) is 0 Å². The summed E-state index contributed by atoms with van der Waals surface area (Å²) in [5.74, 6) is -2.18.